The molecule has 41 heavy (non-hydrogen) atoms. The minimum atomic E-state index is -1.39. The van der Waals surface area contributed by atoms with E-state index >= 15 is 0 Å². The number of hydrogen-bond donors (Lipinski definition) is 1. The van der Waals surface area contributed by atoms with Crippen LogP contribution < -0.4 is 9.47 Å². The molecule has 5 atom stereocenters. The number of carbonyl (C=O) groups excluding carboxylic acids is 4. The quantitative estimate of drug-likeness (QED) is 0.308. The van der Waals surface area contributed by atoms with Crippen LogP contribution in [0.5, 0.6) is 11.6 Å². The molecule has 1 aromatic heterocycles. The maximum atomic E-state index is 12.1. The number of rotatable bonds is 11. The number of carbonyl (C=O) groups is 4. The summed E-state index contributed by atoms with van der Waals surface area (Å²) in [5.41, 5.74) is 2.35. The molecule has 13 nitrogen and oxygen atoms in total. The molecule has 0 aliphatic carbocycles. The monoisotopic (exact) mass is 576 g/mol. The van der Waals surface area contributed by atoms with Crippen LogP contribution in [0, 0.1) is 6.92 Å². The topological polar surface area (TPSA) is 162 Å². The van der Waals surface area contributed by atoms with Crippen molar-refractivity contribution in [1.29, 1.82) is 0 Å². The third-order valence-electron chi connectivity index (χ3n) is 5.89. The average Bonchev–Trinajstić information content (AvgIpc) is 3.20. The van der Waals surface area contributed by atoms with E-state index in [9.17, 15) is 19.2 Å². The number of ether oxygens (including phenoxy) is 7. The van der Waals surface area contributed by atoms with Gasteiger partial charge in [-0.3, -0.25) is 24.3 Å². The first-order chi connectivity index (χ1) is 19.3. The number of nitrogens with one attached hydrogen (secondary N) is 1. The zero-order chi connectivity index (χ0) is 30.3. The van der Waals surface area contributed by atoms with Crippen LogP contribution in [0.25, 0.3) is 0 Å². The van der Waals surface area contributed by atoms with Gasteiger partial charge in [-0.15, -0.1) is 5.10 Å². The summed E-state index contributed by atoms with van der Waals surface area (Å²) in [5.74, 6) is -1.93. The molecule has 0 bridgehead atoms. The lowest BCUT2D eigenvalue weighted by molar-refractivity contribution is -0.289. The Morgan fingerprint density at radius 2 is 1.46 bits per heavy atom. The van der Waals surface area contributed by atoms with Gasteiger partial charge in [0.1, 0.15) is 18.5 Å². The van der Waals surface area contributed by atoms with Crippen LogP contribution in [-0.2, 0) is 49.3 Å². The predicted molar refractivity (Wildman–Crippen MR) is 141 cm³/mol. The van der Waals surface area contributed by atoms with Gasteiger partial charge >= 0.3 is 23.9 Å². The summed E-state index contributed by atoms with van der Waals surface area (Å²) in [5, 5.41) is 7.14. The van der Waals surface area contributed by atoms with E-state index in [1.807, 2.05) is 45.0 Å². The Labute approximate surface area is 237 Å². The van der Waals surface area contributed by atoms with Gasteiger partial charge in [0.05, 0.1) is 6.10 Å². The van der Waals surface area contributed by atoms with E-state index in [4.69, 9.17) is 33.2 Å². The number of nitrogens with zero attached hydrogens (tertiary/aromatic N) is 1. The van der Waals surface area contributed by atoms with Crippen molar-refractivity contribution in [2.24, 2.45) is 0 Å². The Kier molecular flexibility index (Phi) is 10.7. The molecule has 0 spiro atoms. The van der Waals surface area contributed by atoms with Crippen LogP contribution in [0.1, 0.15) is 58.4 Å². The van der Waals surface area contributed by atoms with E-state index in [2.05, 4.69) is 10.2 Å². The maximum absolute atomic E-state index is 12.1. The summed E-state index contributed by atoms with van der Waals surface area (Å²) in [6.07, 6.45) is -6.07. The fourth-order valence-electron chi connectivity index (χ4n) is 4.29. The van der Waals surface area contributed by atoms with Crippen LogP contribution in [0.15, 0.2) is 24.3 Å². The third-order valence-corrected chi connectivity index (χ3v) is 5.89. The second kappa shape index (κ2) is 14.0. The van der Waals surface area contributed by atoms with Gasteiger partial charge in [-0.25, -0.2) is 0 Å². The smallest absolute Gasteiger partial charge is 0.303 e. The lowest BCUT2D eigenvalue weighted by Gasteiger charge is -2.43. The second-order valence-electron chi connectivity index (χ2n) is 9.81. The zero-order valence-corrected chi connectivity index (χ0v) is 24.1. The predicted octanol–water partition coefficient (Wildman–Crippen LogP) is 2.56. The molecule has 1 N–H and O–H groups in total. The highest BCUT2D eigenvalue weighted by molar-refractivity contribution is 5.68. The van der Waals surface area contributed by atoms with Gasteiger partial charge in [-0.2, -0.15) is 0 Å². The van der Waals surface area contributed by atoms with Gasteiger partial charge in [0.15, 0.2) is 12.2 Å². The van der Waals surface area contributed by atoms with E-state index in [0.29, 0.717) is 17.7 Å². The van der Waals surface area contributed by atoms with Gasteiger partial charge in [-0.05, 0) is 38.5 Å². The minimum Gasteiger partial charge on any atom is -0.491 e. The number of aromatic nitrogens is 2. The van der Waals surface area contributed by atoms with Crippen molar-refractivity contribution in [3.05, 3.63) is 41.1 Å². The molecule has 1 saturated heterocycles. The van der Waals surface area contributed by atoms with Crippen molar-refractivity contribution in [3.63, 3.8) is 0 Å². The van der Waals surface area contributed by atoms with Crippen molar-refractivity contribution >= 4 is 23.9 Å². The SMILES string of the molecule is CC(=O)OC[C@H]1OC(Oc2n[nH]c(C)c2Cc2ccc(OC(C)C)cc2)[C@H](OC(C)=O)[C@@H](OC(C)=O)[C@@H]1OC(C)=O. The van der Waals surface area contributed by atoms with Gasteiger partial charge in [0.2, 0.25) is 18.3 Å². The van der Waals surface area contributed by atoms with Crippen molar-refractivity contribution < 1.29 is 52.3 Å². The van der Waals surface area contributed by atoms with E-state index in [1.165, 1.54) is 6.92 Å². The summed E-state index contributed by atoms with van der Waals surface area (Å²) in [6, 6.07) is 7.57. The number of aromatic amines is 1. The standard InChI is InChI=1S/C28H36N2O11/c1-14(2)36-21-10-8-20(9-11-21)12-22-15(3)29-30-27(22)41-28-26(39-19(7)34)25(38-18(6)33)24(37-17(5)32)23(40-28)13-35-16(4)31/h8-11,14,23-26,28H,12-13H2,1-7H3,(H,29,30)/t23-,24-,25+,26-,28?/m1/s1. The number of hydrogen-bond acceptors (Lipinski definition) is 12. The lowest BCUT2D eigenvalue weighted by atomic mass is 9.98. The first-order valence-corrected chi connectivity index (χ1v) is 13.1. The fraction of sp³-hybridized carbons (Fsp3) is 0.536. The largest absolute Gasteiger partial charge is 0.491 e. The summed E-state index contributed by atoms with van der Waals surface area (Å²) in [4.78, 5) is 47.6. The highest BCUT2D eigenvalue weighted by Gasteiger charge is 2.53. The Balaban J connectivity index is 1.95. The van der Waals surface area contributed by atoms with Crippen molar-refractivity contribution in [2.75, 3.05) is 6.61 Å². The number of esters is 4. The Morgan fingerprint density at radius 3 is 2.02 bits per heavy atom. The van der Waals surface area contributed by atoms with Crippen LogP contribution in [0.4, 0.5) is 0 Å². The number of benzene rings is 1. The molecule has 2 aromatic rings. The van der Waals surface area contributed by atoms with E-state index in [1.54, 1.807) is 0 Å². The molecule has 0 radical (unpaired) electrons. The molecule has 0 saturated carbocycles. The van der Waals surface area contributed by atoms with Crippen LogP contribution in [0.3, 0.4) is 0 Å². The average molecular weight is 577 g/mol. The normalized spacial score (nSPS) is 22.0. The summed E-state index contributed by atoms with van der Waals surface area (Å²) in [7, 11) is 0. The van der Waals surface area contributed by atoms with Crippen LogP contribution >= 0.6 is 0 Å². The van der Waals surface area contributed by atoms with Crippen molar-refractivity contribution in [2.45, 2.75) is 91.7 Å². The fourth-order valence-corrected chi connectivity index (χ4v) is 4.29. The van der Waals surface area contributed by atoms with E-state index in [0.717, 1.165) is 32.1 Å². The molecule has 0 amide bonds. The molecule has 1 fully saturated rings. The van der Waals surface area contributed by atoms with Crippen molar-refractivity contribution in [1.82, 2.24) is 10.2 Å². The molecular formula is C28H36N2O11. The van der Waals surface area contributed by atoms with Gasteiger partial charge < -0.3 is 33.2 Å². The summed E-state index contributed by atoms with van der Waals surface area (Å²) >= 11 is 0. The number of H-pyrrole nitrogens is 1. The molecule has 2 heterocycles. The first kappa shape index (κ1) is 31.4. The molecule has 1 unspecified atom stereocenters. The number of aryl methyl sites for hydroxylation is 1. The minimum absolute atomic E-state index is 0.0403. The van der Waals surface area contributed by atoms with Gasteiger partial charge in [-0.1, -0.05) is 12.1 Å². The maximum Gasteiger partial charge on any atom is 0.303 e. The summed E-state index contributed by atoms with van der Waals surface area (Å²) < 4.78 is 39.3. The van der Waals surface area contributed by atoms with E-state index < -0.39 is 54.6 Å². The second-order valence-corrected chi connectivity index (χ2v) is 9.81. The van der Waals surface area contributed by atoms with E-state index in [-0.39, 0.29) is 18.6 Å². The molecule has 224 valence electrons. The molecule has 1 aliphatic rings. The Hall–Kier alpha value is -4.13. The highest BCUT2D eigenvalue weighted by Crippen LogP contribution is 2.32. The Bertz CT molecular complexity index is 1220. The molecule has 3 rings (SSSR count). The third kappa shape index (κ3) is 8.93. The zero-order valence-electron chi connectivity index (χ0n) is 24.1. The van der Waals surface area contributed by atoms with Gasteiger partial charge in [0, 0.05) is 45.4 Å². The molecule has 13 heteroatoms. The molecular weight excluding hydrogens is 540 g/mol. The first-order valence-electron chi connectivity index (χ1n) is 13.1. The molecule has 1 aliphatic heterocycles. The highest BCUT2D eigenvalue weighted by atomic mass is 16.7. The van der Waals surface area contributed by atoms with Crippen LogP contribution in [0.2, 0.25) is 0 Å². The Morgan fingerprint density at radius 1 is 0.878 bits per heavy atom. The van der Waals surface area contributed by atoms with Gasteiger partial charge in [0.25, 0.3) is 0 Å². The van der Waals surface area contributed by atoms with Crippen LogP contribution in [-0.4, -0.2) is 77.5 Å². The van der Waals surface area contributed by atoms with Crippen molar-refractivity contribution in [3.8, 4) is 11.6 Å². The molecule has 1 aromatic carbocycles. The summed E-state index contributed by atoms with van der Waals surface area (Å²) in [6.45, 7) is 9.99. The lowest BCUT2D eigenvalue weighted by Crippen LogP contribution is -2.63.